The first-order chi connectivity index (χ1) is 7.77. The summed E-state index contributed by atoms with van der Waals surface area (Å²) in [7, 11) is -3.75. The van der Waals surface area contributed by atoms with Crippen molar-refractivity contribution in [2.45, 2.75) is 44.9 Å². The minimum Gasteiger partial charge on any atom is -0.481 e. The standard InChI is InChI=1S/C10H18N2O4S/c1-4-9(7-11)17(15,16)12(8(2)3)6-5-10(13)14/h8-9H,4-6H2,1-3H3,(H,13,14). The van der Waals surface area contributed by atoms with Gasteiger partial charge in [0.05, 0.1) is 12.5 Å². The molecule has 0 heterocycles. The Morgan fingerprint density at radius 3 is 2.29 bits per heavy atom. The van der Waals surface area contributed by atoms with Crippen molar-refractivity contribution >= 4 is 16.0 Å². The summed E-state index contributed by atoms with van der Waals surface area (Å²) in [5.41, 5.74) is 0. The van der Waals surface area contributed by atoms with Gasteiger partial charge in [-0.1, -0.05) is 6.92 Å². The molecule has 0 aromatic rings. The Balaban J connectivity index is 5.06. The van der Waals surface area contributed by atoms with Gasteiger partial charge < -0.3 is 5.11 Å². The number of sulfonamides is 1. The molecule has 0 radical (unpaired) electrons. The van der Waals surface area contributed by atoms with Crippen molar-refractivity contribution in [1.29, 1.82) is 5.26 Å². The highest BCUT2D eigenvalue weighted by Gasteiger charge is 2.32. The molecule has 0 saturated carbocycles. The number of aliphatic carboxylic acids is 1. The van der Waals surface area contributed by atoms with Crippen molar-refractivity contribution in [2.75, 3.05) is 6.54 Å². The molecule has 6 nitrogen and oxygen atoms in total. The molecule has 0 amide bonds. The molecule has 1 unspecified atom stereocenters. The lowest BCUT2D eigenvalue weighted by atomic mass is 10.3. The van der Waals surface area contributed by atoms with Crippen molar-refractivity contribution in [2.24, 2.45) is 0 Å². The summed E-state index contributed by atoms with van der Waals surface area (Å²) >= 11 is 0. The second-order valence-corrected chi connectivity index (χ2v) is 5.99. The van der Waals surface area contributed by atoms with E-state index in [0.29, 0.717) is 0 Å². The van der Waals surface area contributed by atoms with Gasteiger partial charge in [-0.3, -0.25) is 4.79 Å². The van der Waals surface area contributed by atoms with Crippen LogP contribution >= 0.6 is 0 Å². The van der Waals surface area contributed by atoms with Gasteiger partial charge in [0.2, 0.25) is 10.0 Å². The van der Waals surface area contributed by atoms with Gasteiger partial charge in [-0.2, -0.15) is 9.57 Å². The van der Waals surface area contributed by atoms with E-state index in [2.05, 4.69) is 0 Å². The molecule has 1 N–H and O–H groups in total. The van der Waals surface area contributed by atoms with Crippen molar-refractivity contribution in [1.82, 2.24) is 4.31 Å². The van der Waals surface area contributed by atoms with Gasteiger partial charge in [0, 0.05) is 12.6 Å². The Bertz CT molecular complexity index is 397. The smallest absolute Gasteiger partial charge is 0.304 e. The summed E-state index contributed by atoms with van der Waals surface area (Å²) in [5.74, 6) is -1.06. The molecule has 0 saturated heterocycles. The fourth-order valence-corrected chi connectivity index (χ4v) is 3.23. The Hall–Kier alpha value is -1.13. The van der Waals surface area contributed by atoms with Crippen LogP contribution in [0.25, 0.3) is 0 Å². The first-order valence-electron chi connectivity index (χ1n) is 5.39. The zero-order chi connectivity index (χ0) is 13.6. The second kappa shape index (κ2) is 6.57. The molecule has 0 aliphatic carbocycles. The average Bonchev–Trinajstić information content (AvgIpc) is 2.17. The first-order valence-corrected chi connectivity index (χ1v) is 6.89. The average molecular weight is 262 g/mol. The van der Waals surface area contributed by atoms with E-state index in [0.717, 1.165) is 4.31 Å². The van der Waals surface area contributed by atoms with Crippen LogP contribution in [0.4, 0.5) is 0 Å². The molecule has 0 bridgehead atoms. The van der Waals surface area contributed by atoms with E-state index < -0.39 is 21.2 Å². The third kappa shape index (κ3) is 4.32. The lowest BCUT2D eigenvalue weighted by Crippen LogP contribution is -2.43. The van der Waals surface area contributed by atoms with E-state index in [1.54, 1.807) is 26.8 Å². The van der Waals surface area contributed by atoms with Crippen LogP contribution in [0.1, 0.15) is 33.6 Å². The van der Waals surface area contributed by atoms with Gasteiger partial charge in [0.1, 0.15) is 0 Å². The molecule has 0 aliphatic heterocycles. The Kier molecular flexibility index (Phi) is 6.13. The maximum absolute atomic E-state index is 12.1. The van der Waals surface area contributed by atoms with E-state index in [1.165, 1.54) is 0 Å². The van der Waals surface area contributed by atoms with Gasteiger partial charge in [-0.25, -0.2) is 8.42 Å². The summed E-state index contributed by atoms with van der Waals surface area (Å²) in [5, 5.41) is 16.3. The summed E-state index contributed by atoms with van der Waals surface area (Å²) in [6, 6.07) is 1.38. The van der Waals surface area contributed by atoms with Gasteiger partial charge in [-0.05, 0) is 20.3 Å². The van der Waals surface area contributed by atoms with Crippen LogP contribution in [0.2, 0.25) is 0 Å². The number of rotatable bonds is 7. The highest BCUT2D eigenvalue weighted by Crippen LogP contribution is 2.15. The van der Waals surface area contributed by atoms with Gasteiger partial charge >= 0.3 is 5.97 Å². The van der Waals surface area contributed by atoms with Crippen LogP contribution < -0.4 is 0 Å². The number of carboxylic acids is 1. The third-order valence-corrected chi connectivity index (χ3v) is 4.74. The SMILES string of the molecule is CCC(C#N)S(=O)(=O)N(CCC(=O)O)C(C)C. The van der Waals surface area contributed by atoms with Crippen LogP contribution in [0.5, 0.6) is 0 Å². The Morgan fingerprint density at radius 1 is 1.47 bits per heavy atom. The molecular formula is C10H18N2O4S. The molecule has 0 aromatic heterocycles. The zero-order valence-corrected chi connectivity index (χ0v) is 11.1. The normalized spacial score (nSPS) is 13.6. The first kappa shape index (κ1) is 15.9. The molecule has 98 valence electrons. The predicted octanol–water partition coefficient (Wildman–Crippen LogP) is 0.803. The van der Waals surface area contributed by atoms with Crippen molar-refractivity contribution in [3.8, 4) is 6.07 Å². The topological polar surface area (TPSA) is 98.5 Å². The fraction of sp³-hybridized carbons (Fsp3) is 0.800. The van der Waals surface area contributed by atoms with Crippen molar-refractivity contribution in [3.63, 3.8) is 0 Å². The largest absolute Gasteiger partial charge is 0.481 e. The van der Waals surface area contributed by atoms with Crippen LogP contribution in [-0.2, 0) is 14.8 Å². The highest BCUT2D eigenvalue weighted by molar-refractivity contribution is 7.90. The number of hydrogen-bond acceptors (Lipinski definition) is 4. The van der Waals surface area contributed by atoms with E-state index in [-0.39, 0.29) is 25.4 Å². The van der Waals surface area contributed by atoms with Crippen LogP contribution in [0.3, 0.4) is 0 Å². The van der Waals surface area contributed by atoms with E-state index >= 15 is 0 Å². The highest BCUT2D eigenvalue weighted by atomic mass is 32.2. The van der Waals surface area contributed by atoms with E-state index in [9.17, 15) is 13.2 Å². The molecule has 17 heavy (non-hydrogen) atoms. The van der Waals surface area contributed by atoms with E-state index in [4.69, 9.17) is 10.4 Å². The van der Waals surface area contributed by atoms with Gasteiger partial charge in [-0.15, -0.1) is 0 Å². The fourth-order valence-electron chi connectivity index (χ4n) is 1.42. The van der Waals surface area contributed by atoms with Crippen LogP contribution in [-0.4, -0.2) is 41.6 Å². The third-order valence-electron chi connectivity index (χ3n) is 2.32. The molecule has 0 spiro atoms. The maximum atomic E-state index is 12.1. The lowest BCUT2D eigenvalue weighted by Gasteiger charge is -2.27. The minimum absolute atomic E-state index is 0.104. The molecule has 0 fully saturated rings. The Morgan fingerprint density at radius 2 is 2.00 bits per heavy atom. The quantitative estimate of drug-likeness (QED) is 0.731. The molecular weight excluding hydrogens is 244 g/mol. The Labute approximate surface area is 102 Å². The molecule has 7 heteroatoms. The maximum Gasteiger partial charge on any atom is 0.304 e. The molecule has 1 atom stereocenters. The monoisotopic (exact) mass is 262 g/mol. The molecule has 0 aromatic carbocycles. The van der Waals surface area contributed by atoms with Crippen molar-refractivity contribution in [3.05, 3.63) is 0 Å². The van der Waals surface area contributed by atoms with Crippen LogP contribution in [0, 0.1) is 11.3 Å². The van der Waals surface area contributed by atoms with Crippen molar-refractivity contribution < 1.29 is 18.3 Å². The zero-order valence-electron chi connectivity index (χ0n) is 10.3. The summed E-state index contributed by atoms with van der Waals surface area (Å²) < 4.78 is 25.2. The molecule has 0 rings (SSSR count). The summed E-state index contributed by atoms with van der Waals surface area (Å²) in [6.45, 7) is 4.82. The predicted molar refractivity (Wildman–Crippen MR) is 62.7 cm³/mol. The number of nitriles is 1. The van der Waals surface area contributed by atoms with Gasteiger partial charge in [0.15, 0.2) is 5.25 Å². The number of carbonyl (C=O) groups is 1. The summed E-state index contributed by atoms with van der Waals surface area (Å²) in [4.78, 5) is 10.5. The van der Waals surface area contributed by atoms with Gasteiger partial charge in [0.25, 0.3) is 0 Å². The minimum atomic E-state index is -3.75. The number of carboxylic acid groups (broad SMARTS) is 1. The lowest BCUT2D eigenvalue weighted by molar-refractivity contribution is -0.137. The second-order valence-electron chi connectivity index (χ2n) is 3.92. The molecule has 0 aliphatic rings. The van der Waals surface area contributed by atoms with E-state index in [1.807, 2.05) is 0 Å². The number of hydrogen-bond donors (Lipinski definition) is 1. The summed E-state index contributed by atoms with van der Waals surface area (Å²) in [6.07, 6.45) is -0.0750. The van der Waals surface area contributed by atoms with Crippen LogP contribution in [0.15, 0.2) is 0 Å². The number of nitrogens with zero attached hydrogens (tertiary/aromatic N) is 2.